The van der Waals surface area contributed by atoms with Gasteiger partial charge in [-0.05, 0) is 44.4 Å². The van der Waals surface area contributed by atoms with Crippen molar-refractivity contribution in [2.24, 2.45) is 17.8 Å². The first-order chi connectivity index (χ1) is 20.0. The van der Waals surface area contributed by atoms with Crippen LogP contribution in [0.4, 0.5) is 0 Å². The molecule has 5 N–H and O–H groups in total. The average molecular weight is 613 g/mol. The van der Waals surface area contributed by atoms with E-state index < -0.39 is 66.0 Å². The van der Waals surface area contributed by atoms with Crippen LogP contribution < -0.4 is 16.0 Å². The van der Waals surface area contributed by atoms with Crippen molar-refractivity contribution in [3.05, 3.63) is 0 Å². The number of ketones is 1. The fourth-order valence-corrected chi connectivity index (χ4v) is 4.84. The first-order valence-corrected chi connectivity index (χ1v) is 15.6. The molecule has 12 nitrogen and oxygen atoms in total. The van der Waals surface area contributed by atoms with Gasteiger partial charge < -0.3 is 35.8 Å². The number of Topliss-reactive ketones (excluding diaryl/α,β-unsaturated/α-hetero) is 1. The lowest BCUT2D eigenvalue weighted by atomic mass is 9.98. The van der Waals surface area contributed by atoms with E-state index in [0.29, 0.717) is 18.8 Å². The average Bonchev–Trinajstić information content (AvgIpc) is 3.72. The van der Waals surface area contributed by atoms with E-state index in [1.165, 1.54) is 18.7 Å². The van der Waals surface area contributed by atoms with Crippen molar-refractivity contribution in [2.75, 3.05) is 20.3 Å². The van der Waals surface area contributed by atoms with Crippen LogP contribution in [0.5, 0.6) is 0 Å². The Hall–Kier alpha value is -2.57. The summed E-state index contributed by atoms with van der Waals surface area (Å²) in [6.45, 7) is 14.0. The number of amides is 4. The molecule has 1 fully saturated rings. The summed E-state index contributed by atoms with van der Waals surface area (Å²) in [5.41, 5.74) is -1.34. The molecule has 6 atom stereocenters. The van der Waals surface area contributed by atoms with Crippen molar-refractivity contribution >= 4 is 29.4 Å². The molecule has 0 saturated carbocycles. The highest BCUT2D eigenvalue weighted by molar-refractivity contribution is 5.99. The van der Waals surface area contributed by atoms with Crippen LogP contribution in [0.2, 0.25) is 0 Å². The molecule has 0 aromatic carbocycles. The van der Waals surface area contributed by atoms with Gasteiger partial charge in [-0.3, -0.25) is 24.0 Å². The maximum atomic E-state index is 13.5. The minimum Gasteiger partial charge on any atom is -0.393 e. The molecule has 1 unspecified atom stereocenters. The van der Waals surface area contributed by atoms with Gasteiger partial charge in [0.25, 0.3) is 0 Å². The van der Waals surface area contributed by atoms with E-state index in [1.54, 1.807) is 20.9 Å². The first kappa shape index (κ1) is 38.5. The number of carbonyl (C=O) groups is 5. The Bertz CT molecular complexity index is 948. The zero-order valence-electron chi connectivity index (χ0n) is 27.6. The van der Waals surface area contributed by atoms with Gasteiger partial charge in [-0.2, -0.15) is 0 Å². The number of aliphatic hydroxyl groups excluding tert-OH is 2. The highest BCUT2D eigenvalue weighted by atomic mass is 16.6. The van der Waals surface area contributed by atoms with Gasteiger partial charge in [-0.15, -0.1) is 0 Å². The number of epoxide rings is 1. The minimum atomic E-state index is -1.42. The maximum Gasteiger partial charge on any atom is 0.245 e. The van der Waals surface area contributed by atoms with Crippen molar-refractivity contribution in [2.45, 2.75) is 130 Å². The van der Waals surface area contributed by atoms with E-state index in [9.17, 15) is 34.2 Å². The van der Waals surface area contributed by atoms with Gasteiger partial charge in [0, 0.05) is 13.5 Å². The van der Waals surface area contributed by atoms with E-state index in [2.05, 4.69) is 29.8 Å². The number of unbranched alkanes of at least 4 members (excludes halogenated alkanes) is 2. The standard InChI is InChI=1S/C31H56N4O8/c1-18(2)13-11-10-12-14-24(38)35(9)23(15-19(3)4)28(40)33-25(20(5)6)29(41)34-26(22(8)37)30(42)32-21(7)27(39)31(16-36)17-43-31/h18-23,25-26,36-37H,10-17H2,1-9H3,(H,32,42)(H,33,40)(H,34,41)/t21-,22+,23-,25-,26-,31?/m0/s1. The summed E-state index contributed by atoms with van der Waals surface area (Å²) in [4.78, 5) is 66.8. The van der Waals surface area contributed by atoms with Crippen molar-refractivity contribution in [3.63, 3.8) is 0 Å². The van der Waals surface area contributed by atoms with Crippen molar-refractivity contribution in [1.82, 2.24) is 20.9 Å². The smallest absolute Gasteiger partial charge is 0.245 e. The predicted octanol–water partition coefficient (Wildman–Crippen LogP) is 1.31. The first-order valence-electron chi connectivity index (χ1n) is 15.6. The largest absolute Gasteiger partial charge is 0.393 e. The molecule has 1 heterocycles. The summed E-state index contributed by atoms with van der Waals surface area (Å²) >= 11 is 0. The molecular weight excluding hydrogens is 556 g/mol. The number of hydrogen-bond acceptors (Lipinski definition) is 8. The molecule has 1 aliphatic rings. The third-order valence-electron chi connectivity index (χ3n) is 7.79. The minimum absolute atomic E-state index is 0.0474. The van der Waals surface area contributed by atoms with Crippen molar-refractivity contribution < 1.29 is 38.9 Å². The molecule has 4 amide bonds. The molecule has 1 aliphatic heterocycles. The third-order valence-corrected chi connectivity index (χ3v) is 7.79. The van der Waals surface area contributed by atoms with Crippen LogP contribution in [-0.4, -0.2) is 101 Å². The second-order valence-electron chi connectivity index (χ2n) is 13.1. The number of ether oxygens (including phenoxy) is 1. The van der Waals surface area contributed by atoms with Crippen LogP contribution in [-0.2, 0) is 28.7 Å². The summed E-state index contributed by atoms with van der Waals surface area (Å²) in [6, 6.07) is -4.31. The SMILES string of the molecule is CC(C)CCCCCC(=O)N(C)[C@@H](CC(C)C)C(=O)N[C@H](C(=O)N[C@H](C(=O)N[C@@H](C)C(=O)C1(CO)CO1)[C@@H](C)O)C(C)C. The van der Waals surface area contributed by atoms with Crippen molar-refractivity contribution in [3.8, 4) is 0 Å². The number of nitrogens with zero attached hydrogens (tertiary/aromatic N) is 1. The number of aliphatic hydroxyl groups is 2. The number of carbonyl (C=O) groups excluding carboxylic acids is 5. The monoisotopic (exact) mass is 612 g/mol. The summed E-state index contributed by atoms with van der Waals surface area (Å²) in [7, 11) is 1.61. The van der Waals surface area contributed by atoms with E-state index in [1.807, 2.05) is 13.8 Å². The predicted molar refractivity (Wildman–Crippen MR) is 163 cm³/mol. The zero-order valence-corrected chi connectivity index (χ0v) is 27.6. The van der Waals surface area contributed by atoms with Gasteiger partial charge in [0.1, 0.15) is 18.1 Å². The summed E-state index contributed by atoms with van der Waals surface area (Å²) in [5, 5.41) is 27.5. The quantitative estimate of drug-likeness (QED) is 0.101. The lowest BCUT2D eigenvalue weighted by molar-refractivity contribution is -0.141. The Morgan fingerprint density at radius 2 is 1.37 bits per heavy atom. The topological polar surface area (TPSA) is 178 Å². The van der Waals surface area contributed by atoms with Gasteiger partial charge in [0.15, 0.2) is 11.4 Å². The van der Waals surface area contributed by atoms with E-state index >= 15 is 0 Å². The fourth-order valence-electron chi connectivity index (χ4n) is 4.84. The van der Waals surface area contributed by atoms with Gasteiger partial charge >= 0.3 is 0 Å². The van der Waals surface area contributed by atoms with E-state index in [0.717, 1.165) is 25.7 Å². The van der Waals surface area contributed by atoms with Gasteiger partial charge in [0.05, 0.1) is 25.4 Å². The Kier molecular flexibility index (Phi) is 15.8. The molecule has 0 aromatic heterocycles. The molecule has 0 bridgehead atoms. The third kappa shape index (κ3) is 12.1. The lowest BCUT2D eigenvalue weighted by Gasteiger charge is -2.32. The summed E-state index contributed by atoms with van der Waals surface area (Å²) in [6.07, 6.45) is 3.25. The van der Waals surface area contributed by atoms with Crippen LogP contribution in [0.25, 0.3) is 0 Å². The number of hydrogen-bond donors (Lipinski definition) is 5. The van der Waals surface area contributed by atoms with Gasteiger partial charge in [0.2, 0.25) is 23.6 Å². The lowest BCUT2D eigenvalue weighted by Crippen LogP contribution is -2.61. The number of nitrogens with one attached hydrogen (secondary N) is 3. The molecule has 0 radical (unpaired) electrons. The fraction of sp³-hybridized carbons (Fsp3) is 0.839. The van der Waals surface area contributed by atoms with Crippen LogP contribution in [0.3, 0.4) is 0 Å². The molecule has 248 valence electrons. The van der Waals surface area contributed by atoms with E-state index in [-0.39, 0.29) is 24.3 Å². The number of rotatable bonds is 20. The van der Waals surface area contributed by atoms with Crippen LogP contribution in [0.15, 0.2) is 0 Å². The highest BCUT2D eigenvalue weighted by Crippen LogP contribution is 2.28. The maximum absolute atomic E-state index is 13.5. The van der Waals surface area contributed by atoms with Crippen LogP contribution in [0, 0.1) is 17.8 Å². The van der Waals surface area contributed by atoms with E-state index in [4.69, 9.17) is 4.74 Å². The molecule has 0 aromatic rings. The zero-order chi connectivity index (χ0) is 33.1. The second kappa shape index (κ2) is 17.7. The van der Waals surface area contributed by atoms with Crippen molar-refractivity contribution in [1.29, 1.82) is 0 Å². The number of likely N-dealkylation sites (N-methyl/N-ethyl adjacent to an activating group) is 1. The summed E-state index contributed by atoms with van der Waals surface area (Å²) < 4.78 is 5.05. The molecule has 1 rings (SSSR count). The van der Waals surface area contributed by atoms with Gasteiger partial charge in [-0.1, -0.05) is 60.8 Å². The Balaban J connectivity index is 2.93. The Morgan fingerprint density at radius 1 is 0.814 bits per heavy atom. The Morgan fingerprint density at radius 3 is 1.84 bits per heavy atom. The second-order valence-corrected chi connectivity index (χ2v) is 13.1. The normalized spacial score (nSPS) is 19.8. The molecular formula is C31H56N4O8. The van der Waals surface area contributed by atoms with Crippen LogP contribution >= 0.6 is 0 Å². The molecule has 43 heavy (non-hydrogen) atoms. The highest BCUT2D eigenvalue weighted by Gasteiger charge is 2.53. The Labute approximate surface area is 257 Å². The molecule has 12 heteroatoms. The molecule has 0 aliphatic carbocycles. The molecule has 1 saturated heterocycles. The van der Waals surface area contributed by atoms with Crippen LogP contribution in [0.1, 0.15) is 93.9 Å². The molecule has 0 spiro atoms. The van der Waals surface area contributed by atoms with Gasteiger partial charge in [-0.25, -0.2) is 0 Å². The summed E-state index contributed by atoms with van der Waals surface area (Å²) in [5.74, 6) is -2.30.